The molecule has 1 aromatic rings. The Balaban J connectivity index is 2.65. The zero-order chi connectivity index (χ0) is 13.4. The van der Waals surface area contributed by atoms with E-state index in [0.29, 0.717) is 25.6 Å². The summed E-state index contributed by atoms with van der Waals surface area (Å²) < 4.78 is 29.2. The lowest BCUT2D eigenvalue weighted by molar-refractivity contribution is 0.172. The highest BCUT2D eigenvalue weighted by Gasteiger charge is 2.10. The van der Waals surface area contributed by atoms with Crippen molar-refractivity contribution in [3.8, 4) is 11.5 Å². The Morgan fingerprint density at radius 2 is 1.83 bits per heavy atom. The number of hydrogen-bond acceptors (Lipinski definition) is 4. The molecule has 0 spiro atoms. The number of benzene rings is 1. The molecule has 0 heterocycles. The maximum atomic E-state index is 13.5. The Morgan fingerprint density at radius 1 is 1.11 bits per heavy atom. The Bertz CT molecular complexity index is 371. The zero-order valence-electron chi connectivity index (χ0n) is 10.9. The minimum Gasteiger partial charge on any atom is -0.491 e. The molecule has 0 bridgehead atoms. The van der Waals surface area contributed by atoms with Crippen molar-refractivity contribution in [2.45, 2.75) is 19.8 Å². The van der Waals surface area contributed by atoms with Crippen molar-refractivity contribution in [1.82, 2.24) is 0 Å². The molecule has 4 nitrogen and oxygen atoms in total. The van der Waals surface area contributed by atoms with E-state index < -0.39 is 5.82 Å². The molecule has 0 aliphatic heterocycles. The van der Waals surface area contributed by atoms with Gasteiger partial charge < -0.3 is 19.9 Å². The van der Waals surface area contributed by atoms with Gasteiger partial charge in [0.1, 0.15) is 5.75 Å². The van der Waals surface area contributed by atoms with Crippen LogP contribution in [0.5, 0.6) is 11.5 Å². The van der Waals surface area contributed by atoms with Crippen LogP contribution >= 0.6 is 0 Å². The molecule has 102 valence electrons. The van der Waals surface area contributed by atoms with Crippen LogP contribution in [0.2, 0.25) is 0 Å². The number of halogens is 1. The second-order valence-corrected chi connectivity index (χ2v) is 3.86. The molecule has 18 heavy (non-hydrogen) atoms. The average molecular weight is 257 g/mol. The van der Waals surface area contributed by atoms with Gasteiger partial charge in [0.05, 0.1) is 18.9 Å². The van der Waals surface area contributed by atoms with Crippen LogP contribution in [0.25, 0.3) is 0 Å². The highest BCUT2D eigenvalue weighted by molar-refractivity contribution is 5.56. The first-order chi connectivity index (χ1) is 8.69. The van der Waals surface area contributed by atoms with Crippen LogP contribution in [-0.4, -0.2) is 26.9 Å². The van der Waals surface area contributed by atoms with Crippen molar-refractivity contribution < 1.29 is 18.6 Å². The summed E-state index contributed by atoms with van der Waals surface area (Å²) in [6.07, 6.45) is 1.56. The number of methoxy groups -OCH3 is 1. The topological polar surface area (TPSA) is 53.7 Å². The molecule has 0 aromatic heterocycles. The summed E-state index contributed by atoms with van der Waals surface area (Å²) >= 11 is 0. The molecule has 0 amide bonds. The number of rotatable bonds is 8. The summed E-state index contributed by atoms with van der Waals surface area (Å²) in [6.45, 7) is 3.50. The third kappa shape index (κ3) is 4.41. The summed E-state index contributed by atoms with van der Waals surface area (Å²) in [5.74, 6) is 0.150. The predicted octanol–water partition coefficient (Wildman–Crippen LogP) is 2.61. The van der Waals surface area contributed by atoms with E-state index in [9.17, 15) is 4.39 Å². The normalized spacial score (nSPS) is 10.4. The van der Waals surface area contributed by atoms with Gasteiger partial charge >= 0.3 is 0 Å². The summed E-state index contributed by atoms with van der Waals surface area (Å²) in [5, 5.41) is 0. The van der Waals surface area contributed by atoms with Crippen molar-refractivity contribution in [2.75, 3.05) is 32.7 Å². The molecule has 0 saturated carbocycles. The van der Waals surface area contributed by atoms with Crippen molar-refractivity contribution in [1.29, 1.82) is 0 Å². The summed E-state index contributed by atoms with van der Waals surface area (Å²) in [6, 6.07) is 2.71. The fraction of sp³-hybridized carbons (Fsp3) is 0.538. The largest absolute Gasteiger partial charge is 0.491 e. The van der Waals surface area contributed by atoms with Gasteiger partial charge in [0.25, 0.3) is 0 Å². The van der Waals surface area contributed by atoms with Gasteiger partial charge in [-0.1, -0.05) is 6.92 Å². The third-order valence-electron chi connectivity index (χ3n) is 2.28. The maximum Gasteiger partial charge on any atom is 0.167 e. The Labute approximate surface area is 107 Å². The molecule has 0 unspecified atom stereocenters. The smallest absolute Gasteiger partial charge is 0.167 e. The van der Waals surface area contributed by atoms with E-state index in [1.165, 1.54) is 12.1 Å². The van der Waals surface area contributed by atoms with Crippen LogP contribution in [0.3, 0.4) is 0 Å². The molecule has 5 heteroatoms. The first-order valence-electron chi connectivity index (χ1n) is 6.02. The average Bonchev–Trinajstić information content (AvgIpc) is 2.35. The van der Waals surface area contributed by atoms with E-state index in [0.717, 1.165) is 12.8 Å². The lowest BCUT2D eigenvalue weighted by atomic mass is 10.2. The maximum absolute atomic E-state index is 13.5. The minimum atomic E-state index is -0.467. The number of hydrogen-bond donors (Lipinski definition) is 1. The van der Waals surface area contributed by atoms with Gasteiger partial charge in [0, 0.05) is 32.3 Å². The van der Waals surface area contributed by atoms with Crippen LogP contribution in [0, 0.1) is 5.82 Å². The number of anilines is 1. The van der Waals surface area contributed by atoms with Crippen molar-refractivity contribution in [2.24, 2.45) is 0 Å². The molecule has 0 radical (unpaired) electrons. The molecule has 1 rings (SSSR count). The summed E-state index contributed by atoms with van der Waals surface area (Å²) in [4.78, 5) is 0. The van der Waals surface area contributed by atoms with Crippen molar-refractivity contribution in [3.63, 3.8) is 0 Å². The first-order valence-corrected chi connectivity index (χ1v) is 6.02. The van der Waals surface area contributed by atoms with E-state index in [2.05, 4.69) is 0 Å². The Hall–Kier alpha value is -1.49. The van der Waals surface area contributed by atoms with E-state index in [4.69, 9.17) is 19.9 Å². The van der Waals surface area contributed by atoms with E-state index >= 15 is 0 Å². The second kappa shape index (κ2) is 7.76. The molecule has 0 fully saturated rings. The molecule has 2 N–H and O–H groups in total. The van der Waals surface area contributed by atoms with Crippen LogP contribution in [0.4, 0.5) is 10.1 Å². The first kappa shape index (κ1) is 14.6. The highest BCUT2D eigenvalue weighted by Crippen LogP contribution is 2.30. The SMILES string of the molecule is CCCOc1cc(OCCCOC)c(N)cc1F. The van der Waals surface area contributed by atoms with Crippen LogP contribution in [0.1, 0.15) is 19.8 Å². The fourth-order valence-corrected chi connectivity index (χ4v) is 1.38. The molecule has 0 aliphatic rings. The van der Waals surface area contributed by atoms with Gasteiger partial charge in [-0.05, 0) is 6.42 Å². The Kier molecular flexibility index (Phi) is 6.28. The van der Waals surface area contributed by atoms with Crippen molar-refractivity contribution >= 4 is 5.69 Å². The number of nitrogens with two attached hydrogens (primary N) is 1. The molecular formula is C13H20FNO3. The van der Waals surface area contributed by atoms with Gasteiger partial charge in [-0.3, -0.25) is 0 Å². The second-order valence-electron chi connectivity index (χ2n) is 3.86. The molecule has 0 atom stereocenters. The number of nitrogen functional groups attached to an aromatic ring is 1. The van der Waals surface area contributed by atoms with E-state index in [1.54, 1.807) is 7.11 Å². The van der Waals surface area contributed by atoms with Gasteiger partial charge in [0.2, 0.25) is 0 Å². The Morgan fingerprint density at radius 3 is 2.50 bits per heavy atom. The van der Waals surface area contributed by atoms with Crippen LogP contribution < -0.4 is 15.2 Å². The van der Waals surface area contributed by atoms with Gasteiger partial charge in [-0.15, -0.1) is 0 Å². The quantitative estimate of drug-likeness (QED) is 0.574. The van der Waals surface area contributed by atoms with E-state index in [-0.39, 0.29) is 11.4 Å². The molecule has 0 saturated heterocycles. The van der Waals surface area contributed by atoms with E-state index in [1.807, 2.05) is 6.92 Å². The zero-order valence-corrected chi connectivity index (χ0v) is 10.9. The van der Waals surface area contributed by atoms with Gasteiger partial charge in [-0.25, -0.2) is 4.39 Å². The third-order valence-corrected chi connectivity index (χ3v) is 2.28. The fourth-order valence-electron chi connectivity index (χ4n) is 1.38. The van der Waals surface area contributed by atoms with Crippen LogP contribution in [-0.2, 0) is 4.74 Å². The van der Waals surface area contributed by atoms with Gasteiger partial charge in [0.15, 0.2) is 11.6 Å². The monoisotopic (exact) mass is 257 g/mol. The van der Waals surface area contributed by atoms with Crippen molar-refractivity contribution in [3.05, 3.63) is 17.9 Å². The van der Waals surface area contributed by atoms with Crippen LogP contribution in [0.15, 0.2) is 12.1 Å². The lowest BCUT2D eigenvalue weighted by Crippen LogP contribution is -2.05. The standard InChI is InChI=1S/C13H20FNO3/c1-3-5-17-12-9-13(11(15)8-10(12)14)18-7-4-6-16-2/h8-9H,3-7,15H2,1-2H3. The minimum absolute atomic E-state index is 0.174. The molecular weight excluding hydrogens is 237 g/mol. The lowest BCUT2D eigenvalue weighted by Gasteiger charge is -2.12. The van der Waals surface area contributed by atoms with Gasteiger partial charge in [-0.2, -0.15) is 0 Å². The summed E-state index contributed by atoms with van der Waals surface area (Å²) in [7, 11) is 1.63. The number of ether oxygens (including phenoxy) is 3. The molecule has 1 aromatic carbocycles. The highest BCUT2D eigenvalue weighted by atomic mass is 19.1. The summed E-state index contributed by atoms with van der Waals surface area (Å²) in [5.41, 5.74) is 5.95. The molecule has 0 aliphatic carbocycles. The predicted molar refractivity (Wildman–Crippen MR) is 68.6 cm³/mol.